The predicted molar refractivity (Wildman–Crippen MR) is 119 cm³/mol. The van der Waals surface area contributed by atoms with E-state index in [2.05, 4.69) is 31.3 Å². The standard InChI is InChI=1S/C23H28N6O2/c1-15-7-16(2)9-17(8-15)23(30)27-20-5-6-29(21-10-22(31-4)25-14-24-21)13-19(20)18-11-26-28(3)12-18/h7-12,14,19-20H,5-6,13H2,1-4H3,(H,27,30)/t19-,20-/m0/s1. The summed E-state index contributed by atoms with van der Waals surface area (Å²) in [7, 11) is 3.50. The summed E-state index contributed by atoms with van der Waals surface area (Å²) in [5.74, 6) is 1.40. The van der Waals surface area contributed by atoms with Crippen LogP contribution in [0.3, 0.4) is 0 Å². The van der Waals surface area contributed by atoms with E-state index in [1.165, 1.54) is 6.33 Å². The lowest BCUT2D eigenvalue weighted by Crippen LogP contribution is -2.50. The lowest BCUT2D eigenvalue weighted by atomic mass is 9.87. The van der Waals surface area contributed by atoms with Gasteiger partial charge in [-0.25, -0.2) is 9.97 Å². The Kier molecular flexibility index (Phi) is 5.88. The summed E-state index contributed by atoms with van der Waals surface area (Å²) >= 11 is 0. The second-order valence-electron chi connectivity index (χ2n) is 8.16. The largest absolute Gasteiger partial charge is 0.481 e. The van der Waals surface area contributed by atoms with Crippen LogP contribution in [0.5, 0.6) is 5.88 Å². The number of aromatic nitrogens is 4. The fraction of sp³-hybridized carbons (Fsp3) is 0.391. The smallest absolute Gasteiger partial charge is 0.251 e. The summed E-state index contributed by atoms with van der Waals surface area (Å²) in [6.07, 6.45) is 6.21. The van der Waals surface area contributed by atoms with E-state index in [1.807, 2.05) is 51.5 Å². The third-order valence-corrected chi connectivity index (χ3v) is 5.73. The number of methoxy groups -OCH3 is 1. The maximum atomic E-state index is 13.1. The summed E-state index contributed by atoms with van der Waals surface area (Å²) in [5.41, 5.74) is 3.97. The number of aryl methyl sites for hydroxylation is 3. The van der Waals surface area contributed by atoms with E-state index in [1.54, 1.807) is 11.8 Å². The number of rotatable bonds is 5. The third kappa shape index (κ3) is 4.68. The highest BCUT2D eigenvalue weighted by atomic mass is 16.5. The lowest BCUT2D eigenvalue weighted by Gasteiger charge is -2.39. The minimum Gasteiger partial charge on any atom is -0.481 e. The van der Waals surface area contributed by atoms with Crippen LogP contribution in [-0.2, 0) is 7.05 Å². The van der Waals surface area contributed by atoms with Gasteiger partial charge in [-0.3, -0.25) is 9.48 Å². The number of carbonyl (C=O) groups is 1. The molecule has 0 spiro atoms. The van der Waals surface area contributed by atoms with Crippen LogP contribution in [0.1, 0.15) is 39.4 Å². The first kappa shape index (κ1) is 20.8. The lowest BCUT2D eigenvalue weighted by molar-refractivity contribution is 0.0925. The molecule has 2 atom stereocenters. The molecule has 3 aromatic rings. The quantitative estimate of drug-likeness (QED) is 0.683. The molecule has 1 aliphatic heterocycles. The highest BCUT2D eigenvalue weighted by molar-refractivity contribution is 5.94. The molecule has 0 saturated carbocycles. The van der Waals surface area contributed by atoms with Crippen LogP contribution >= 0.6 is 0 Å². The van der Waals surface area contributed by atoms with Crippen molar-refractivity contribution in [2.24, 2.45) is 7.05 Å². The van der Waals surface area contributed by atoms with E-state index in [0.29, 0.717) is 18.0 Å². The monoisotopic (exact) mass is 420 g/mol. The molecule has 31 heavy (non-hydrogen) atoms. The molecular weight excluding hydrogens is 392 g/mol. The molecule has 1 N–H and O–H groups in total. The number of hydrogen-bond acceptors (Lipinski definition) is 6. The molecular formula is C23H28N6O2. The Bertz CT molecular complexity index is 1060. The Morgan fingerprint density at radius 2 is 1.94 bits per heavy atom. The van der Waals surface area contributed by atoms with Crippen LogP contribution in [0.15, 0.2) is 43.0 Å². The number of piperidine rings is 1. The predicted octanol–water partition coefficient (Wildman–Crippen LogP) is 2.63. The molecule has 8 heteroatoms. The summed E-state index contributed by atoms with van der Waals surface area (Å²) in [5, 5.41) is 7.63. The summed E-state index contributed by atoms with van der Waals surface area (Å²) in [6.45, 7) is 5.51. The van der Waals surface area contributed by atoms with E-state index < -0.39 is 0 Å². The van der Waals surface area contributed by atoms with Crippen LogP contribution < -0.4 is 15.0 Å². The van der Waals surface area contributed by atoms with Gasteiger partial charge < -0.3 is 15.0 Å². The van der Waals surface area contributed by atoms with E-state index in [0.717, 1.165) is 35.5 Å². The molecule has 1 aliphatic rings. The number of carbonyl (C=O) groups excluding carboxylic acids is 1. The normalized spacial score (nSPS) is 18.6. The van der Waals surface area contributed by atoms with Crippen molar-refractivity contribution in [1.82, 2.24) is 25.1 Å². The number of benzene rings is 1. The van der Waals surface area contributed by atoms with Gasteiger partial charge in [-0.2, -0.15) is 5.10 Å². The van der Waals surface area contributed by atoms with Crippen molar-refractivity contribution in [3.8, 4) is 5.88 Å². The zero-order chi connectivity index (χ0) is 22.0. The van der Waals surface area contributed by atoms with Crippen molar-refractivity contribution >= 4 is 11.7 Å². The average Bonchev–Trinajstić information content (AvgIpc) is 3.19. The second-order valence-corrected chi connectivity index (χ2v) is 8.16. The Morgan fingerprint density at radius 1 is 1.16 bits per heavy atom. The molecule has 162 valence electrons. The molecule has 4 rings (SSSR count). The van der Waals surface area contributed by atoms with E-state index in [9.17, 15) is 4.79 Å². The Morgan fingerprint density at radius 3 is 2.61 bits per heavy atom. The molecule has 1 fully saturated rings. The molecule has 8 nitrogen and oxygen atoms in total. The molecule has 3 heterocycles. The molecule has 2 aromatic heterocycles. The fourth-order valence-electron chi connectivity index (χ4n) is 4.27. The van der Waals surface area contributed by atoms with Crippen molar-refractivity contribution in [2.75, 3.05) is 25.1 Å². The Balaban J connectivity index is 1.57. The molecule has 0 radical (unpaired) electrons. The highest BCUT2D eigenvalue weighted by Crippen LogP contribution is 2.30. The van der Waals surface area contributed by atoms with E-state index in [4.69, 9.17) is 4.74 Å². The average molecular weight is 421 g/mol. The van der Waals surface area contributed by atoms with Gasteiger partial charge in [-0.1, -0.05) is 17.2 Å². The van der Waals surface area contributed by atoms with Gasteiger partial charge in [0.05, 0.1) is 13.3 Å². The summed E-state index contributed by atoms with van der Waals surface area (Å²) in [6, 6.07) is 7.78. The van der Waals surface area contributed by atoms with Crippen molar-refractivity contribution < 1.29 is 9.53 Å². The van der Waals surface area contributed by atoms with Crippen molar-refractivity contribution in [1.29, 1.82) is 0 Å². The van der Waals surface area contributed by atoms with Crippen molar-refractivity contribution in [3.05, 3.63) is 65.2 Å². The van der Waals surface area contributed by atoms with Crippen LogP contribution in [0.25, 0.3) is 0 Å². The topological polar surface area (TPSA) is 85.2 Å². The van der Waals surface area contributed by atoms with Gasteiger partial charge in [0, 0.05) is 49.9 Å². The number of ether oxygens (including phenoxy) is 1. The van der Waals surface area contributed by atoms with Gasteiger partial charge in [0.2, 0.25) is 5.88 Å². The number of nitrogens with one attached hydrogen (secondary N) is 1. The highest BCUT2D eigenvalue weighted by Gasteiger charge is 2.33. The van der Waals surface area contributed by atoms with Crippen LogP contribution in [-0.4, -0.2) is 51.9 Å². The number of nitrogens with zero attached hydrogens (tertiary/aromatic N) is 5. The van der Waals surface area contributed by atoms with Crippen molar-refractivity contribution in [2.45, 2.75) is 32.2 Å². The second kappa shape index (κ2) is 8.75. The van der Waals surface area contributed by atoms with Crippen LogP contribution in [0, 0.1) is 13.8 Å². The molecule has 0 aliphatic carbocycles. The Labute approximate surface area is 182 Å². The van der Waals surface area contributed by atoms with Gasteiger partial charge >= 0.3 is 0 Å². The van der Waals surface area contributed by atoms with E-state index >= 15 is 0 Å². The zero-order valence-corrected chi connectivity index (χ0v) is 18.4. The SMILES string of the molecule is COc1cc(N2CC[C@H](NC(=O)c3cc(C)cc(C)c3)[C@H](c3cnn(C)c3)C2)ncn1. The fourth-order valence-corrected chi connectivity index (χ4v) is 4.27. The maximum Gasteiger partial charge on any atom is 0.251 e. The first-order valence-electron chi connectivity index (χ1n) is 10.4. The zero-order valence-electron chi connectivity index (χ0n) is 18.4. The number of anilines is 1. The Hall–Kier alpha value is -3.42. The maximum absolute atomic E-state index is 13.1. The first-order chi connectivity index (χ1) is 14.9. The van der Waals surface area contributed by atoms with E-state index in [-0.39, 0.29) is 17.9 Å². The van der Waals surface area contributed by atoms with Gasteiger partial charge in [0.15, 0.2) is 0 Å². The van der Waals surface area contributed by atoms with Gasteiger partial charge in [0.25, 0.3) is 5.91 Å². The minimum absolute atomic E-state index is 0.00231. The number of amides is 1. The molecule has 0 bridgehead atoms. The number of hydrogen-bond donors (Lipinski definition) is 1. The molecule has 0 unspecified atom stereocenters. The van der Waals surface area contributed by atoms with Crippen LogP contribution in [0.2, 0.25) is 0 Å². The van der Waals surface area contributed by atoms with Crippen LogP contribution in [0.4, 0.5) is 5.82 Å². The summed E-state index contributed by atoms with van der Waals surface area (Å²) in [4.78, 5) is 23.8. The summed E-state index contributed by atoms with van der Waals surface area (Å²) < 4.78 is 7.05. The third-order valence-electron chi connectivity index (χ3n) is 5.73. The first-order valence-corrected chi connectivity index (χ1v) is 10.4. The van der Waals surface area contributed by atoms with Gasteiger partial charge in [-0.05, 0) is 38.0 Å². The molecule has 1 aromatic carbocycles. The molecule has 1 saturated heterocycles. The van der Waals surface area contributed by atoms with Gasteiger partial charge in [-0.15, -0.1) is 0 Å². The van der Waals surface area contributed by atoms with Crippen molar-refractivity contribution in [3.63, 3.8) is 0 Å². The minimum atomic E-state index is -0.0390. The van der Waals surface area contributed by atoms with Gasteiger partial charge in [0.1, 0.15) is 12.1 Å². The molecule has 1 amide bonds.